The summed E-state index contributed by atoms with van der Waals surface area (Å²) in [6.45, 7) is 6.20. The van der Waals surface area contributed by atoms with Gasteiger partial charge in [-0.05, 0) is 43.7 Å². The molecule has 3 aromatic rings. The molecule has 0 aliphatic carbocycles. The van der Waals surface area contributed by atoms with E-state index in [4.69, 9.17) is 27.9 Å². The first-order chi connectivity index (χ1) is 13.0. The molecule has 1 aromatic heterocycles. The van der Waals surface area contributed by atoms with Gasteiger partial charge in [-0.15, -0.1) is 0 Å². The molecule has 0 spiro atoms. The summed E-state index contributed by atoms with van der Waals surface area (Å²) in [5.41, 5.74) is 5.43. The van der Waals surface area contributed by atoms with Gasteiger partial charge in [0, 0.05) is 40.0 Å². The number of methoxy groups -OCH3 is 1. The molecule has 0 saturated heterocycles. The lowest BCUT2D eigenvalue weighted by atomic mass is 10.1. The highest BCUT2D eigenvalue weighted by Gasteiger charge is 2.14. The molecular weight excluding hydrogens is 381 g/mol. The van der Waals surface area contributed by atoms with Gasteiger partial charge in [-0.3, -0.25) is 4.68 Å². The van der Waals surface area contributed by atoms with Crippen molar-refractivity contribution >= 4 is 23.2 Å². The van der Waals surface area contributed by atoms with E-state index in [1.165, 1.54) is 11.1 Å². The van der Waals surface area contributed by atoms with Gasteiger partial charge in [-0.2, -0.15) is 5.10 Å². The quantitative estimate of drug-likeness (QED) is 0.592. The van der Waals surface area contributed by atoms with Crippen molar-refractivity contribution in [3.05, 3.63) is 80.6 Å². The van der Waals surface area contributed by atoms with Gasteiger partial charge in [0.2, 0.25) is 0 Å². The molecule has 4 nitrogen and oxygen atoms in total. The van der Waals surface area contributed by atoms with E-state index >= 15 is 0 Å². The molecule has 0 saturated carbocycles. The molecule has 6 heteroatoms. The van der Waals surface area contributed by atoms with Crippen molar-refractivity contribution in [2.45, 2.75) is 33.5 Å². The number of hydrogen-bond donors (Lipinski definition) is 1. The lowest BCUT2D eigenvalue weighted by Crippen LogP contribution is -2.14. The molecule has 0 radical (unpaired) electrons. The Morgan fingerprint density at radius 2 is 1.63 bits per heavy atom. The van der Waals surface area contributed by atoms with Crippen LogP contribution in [0.15, 0.2) is 42.5 Å². The first-order valence-corrected chi connectivity index (χ1v) is 9.54. The Morgan fingerprint density at radius 1 is 0.963 bits per heavy atom. The highest BCUT2D eigenvalue weighted by Crippen LogP contribution is 2.26. The number of aryl methyl sites for hydroxylation is 1. The third kappa shape index (κ3) is 4.64. The first kappa shape index (κ1) is 19.7. The monoisotopic (exact) mass is 403 g/mol. The van der Waals surface area contributed by atoms with Crippen LogP contribution in [0.3, 0.4) is 0 Å². The van der Waals surface area contributed by atoms with Crippen LogP contribution in [0.1, 0.15) is 28.1 Å². The maximum absolute atomic E-state index is 6.30. The second-order valence-corrected chi connectivity index (χ2v) is 7.27. The van der Waals surface area contributed by atoms with Crippen LogP contribution in [0.5, 0.6) is 5.75 Å². The number of nitrogens with one attached hydrogen (secondary N) is 1. The maximum atomic E-state index is 6.30. The number of nitrogens with zero attached hydrogens (tertiary/aromatic N) is 2. The summed E-state index contributed by atoms with van der Waals surface area (Å²) in [6.07, 6.45) is 0. The molecule has 2 aromatic carbocycles. The maximum Gasteiger partial charge on any atom is 0.118 e. The topological polar surface area (TPSA) is 39.1 Å². The number of halogens is 2. The van der Waals surface area contributed by atoms with Gasteiger partial charge in [0.05, 0.1) is 19.3 Å². The Morgan fingerprint density at radius 3 is 2.26 bits per heavy atom. The summed E-state index contributed by atoms with van der Waals surface area (Å²) in [7, 11) is 1.67. The molecule has 3 rings (SSSR count). The van der Waals surface area contributed by atoms with Gasteiger partial charge in [-0.1, -0.05) is 41.4 Å². The van der Waals surface area contributed by atoms with Crippen molar-refractivity contribution in [3.63, 3.8) is 0 Å². The molecule has 0 aliphatic heterocycles. The van der Waals surface area contributed by atoms with Crippen LogP contribution in [-0.2, 0) is 19.6 Å². The highest BCUT2D eigenvalue weighted by atomic mass is 35.5. The van der Waals surface area contributed by atoms with Crippen molar-refractivity contribution in [1.29, 1.82) is 0 Å². The second kappa shape index (κ2) is 8.79. The fourth-order valence-corrected chi connectivity index (χ4v) is 3.57. The van der Waals surface area contributed by atoms with Crippen molar-refractivity contribution in [1.82, 2.24) is 15.1 Å². The molecule has 0 unspecified atom stereocenters. The zero-order valence-corrected chi connectivity index (χ0v) is 17.2. The summed E-state index contributed by atoms with van der Waals surface area (Å²) in [5.74, 6) is 0.866. The molecule has 1 N–H and O–H groups in total. The third-order valence-electron chi connectivity index (χ3n) is 4.69. The average molecular weight is 404 g/mol. The molecule has 0 fully saturated rings. The summed E-state index contributed by atoms with van der Waals surface area (Å²) >= 11 is 12.6. The average Bonchev–Trinajstić information content (AvgIpc) is 2.93. The minimum atomic E-state index is 0.559. The number of aromatic nitrogens is 2. The van der Waals surface area contributed by atoms with Gasteiger partial charge in [-0.25, -0.2) is 0 Å². The fraction of sp³-hybridized carbons (Fsp3) is 0.286. The van der Waals surface area contributed by atoms with Crippen molar-refractivity contribution in [2.75, 3.05) is 7.11 Å². The molecule has 0 bridgehead atoms. The SMILES string of the molecule is COc1ccc(CNCc2c(C)nn(Cc3c(Cl)cccc3Cl)c2C)cc1. The minimum absolute atomic E-state index is 0.559. The fourth-order valence-electron chi connectivity index (χ4n) is 3.05. The molecule has 27 heavy (non-hydrogen) atoms. The summed E-state index contributed by atoms with van der Waals surface area (Å²) in [6, 6.07) is 13.6. The Kier molecular flexibility index (Phi) is 6.42. The Hall–Kier alpha value is -2.01. The van der Waals surface area contributed by atoms with E-state index in [0.29, 0.717) is 16.6 Å². The predicted octanol–water partition coefficient (Wildman–Crippen LogP) is 5.15. The Labute approximate surface area is 170 Å². The summed E-state index contributed by atoms with van der Waals surface area (Å²) in [4.78, 5) is 0. The van der Waals surface area contributed by atoms with Gasteiger partial charge < -0.3 is 10.1 Å². The molecule has 142 valence electrons. The third-order valence-corrected chi connectivity index (χ3v) is 5.40. The van der Waals surface area contributed by atoms with Crippen molar-refractivity contribution in [2.24, 2.45) is 0 Å². The number of rotatable bonds is 7. The van der Waals surface area contributed by atoms with Crippen molar-refractivity contribution < 1.29 is 4.74 Å². The standard InChI is InChI=1S/C21H23Cl2N3O/c1-14-18(12-24-11-16-7-9-17(27-3)10-8-16)15(2)26(25-14)13-19-20(22)5-4-6-21(19)23/h4-10,24H,11-13H2,1-3H3. The van der Waals surface area contributed by atoms with Crippen LogP contribution in [0.4, 0.5) is 0 Å². The molecule has 0 aliphatic rings. The summed E-state index contributed by atoms with van der Waals surface area (Å²) in [5, 5.41) is 9.49. The van der Waals surface area contributed by atoms with E-state index < -0.39 is 0 Å². The molecule has 1 heterocycles. The van der Waals surface area contributed by atoms with E-state index in [0.717, 1.165) is 35.8 Å². The number of ether oxygens (including phenoxy) is 1. The van der Waals surface area contributed by atoms with Gasteiger partial charge >= 0.3 is 0 Å². The molecular formula is C21H23Cl2N3O. The van der Waals surface area contributed by atoms with Gasteiger partial charge in [0.15, 0.2) is 0 Å². The lowest BCUT2D eigenvalue weighted by molar-refractivity contribution is 0.414. The zero-order chi connectivity index (χ0) is 19.4. The van der Waals surface area contributed by atoms with E-state index in [1.807, 2.05) is 41.9 Å². The van der Waals surface area contributed by atoms with E-state index in [-0.39, 0.29) is 0 Å². The van der Waals surface area contributed by atoms with E-state index in [9.17, 15) is 0 Å². The largest absolute Gasteiger partial charge is 0.497 e. The van der Waals surface area contributed by atoms with Gasteiger partial charge in [0.25, 0.3) is 0 Å². The van der Waals surface area contributed by atoms with Gasteiger partial charge in [0.1, 0.15) is 5.75 Å². The lowest BCUT2D eigenvalue weighted by Gasteiger charge is -2.10. The smallest absolute Gasteiger partial charge is 0.118 e. The molecule has 0 amide bonds. The van der Waals surface area contributed by atoms with Crippen LogP contribution in [0.25, 0.3) is 0 Å². The second-order valence-electron chi connectivity index (χ2n) is 6.46. The first-order valence-electron chi connectivity index (χ1n) is 8.79. The number of benzene rings is 2. The molecule has 0 atom stereocenters. The summed E-state index contributed by atoms with van der Waals surface area (Å²) < 4.78 is 7.16. The van der Waals surface area contributed by atoms with Crippen LogP contribution in [0, 0.1) is 13.8 Å². The highest BCUT2D eigenvalue weighted by molar-refractivity contribution is 6.35. The van der Waals surface area contributed by atoms with E-state index in [1.54, 1.807) is 7.11 Å². The Bertz CT molecular complexity index is 900. The van der Waals surface area contributed by atoms with Crippen LogP contribution in [-0.4, -0.2) is 16.9 Å². The minimum Gasteiger partial charge on any atom is -0.497 e. The normalized spacial score (nSPS) is 11.0. The predicted molar refractivity (Wildman–Crippen MR) is 111 cm³/mol. The zero-order valence-electron chi connectivity index (χ0n) is 15.7. The van der Waals surface area contributed by atoms with E-state index in [2.05, 4.69) is 29.5 Å². The van der Waals surface area contributed by atoms with Crippen LogP contribution >= 0.6 is 23.2 Å². The van der Waals surface area contributed by atoms with Crippen LogP contribution < -0.4 is 10.1 Å². The Balaban J connectivity index is 1.68. The van der Waals surface area contributed by atoms with Crippen LogP contribution in [0.2, 0.25) is 10.0 Å². The van der Waals surface area contributed by atoms with Crippen molar-refractivity contribution in [3.8, 4) is 5.75 Å². The number of hydrogen-bond acceptors (Lipinski definition) is 3.